The molecule has 69 heavy (non-hydrogen) atoms. The van der Waals surface area contributed by atoms with Gasteiger partial charge in [-0.3, -0.25) is 8.97 Å². The molecule has 0 bridgehead atoms. The van der Waals surface area contributed by atoms with Crippen LogP contribution in [0.3, 0.4) is 0 Å². The van der Waals surface area contributed by atoms with Crippen LogP contribution in [0.15, 0.2) is 212 Å². The van der Waals surface area contributed by atoms with Crippen LogP contribution in [0.4, 0.5) is 0 Å². The normalized spacial score (nSPS) is 16.5. The summed E-state index contributed by atoms with van der Waals surface area (Å²) in [4.78, 5) is 5.16. The Hall–Kier alpha value is -8.93. The zero-order valence-electron chi connectivity index (χ0n) is 42.9. The Morgan fingerprint density at radius 3 is 1.74 bits per heavy atom. The lowest BCUT2D eigenvalue weighted by Crippen LogP contribution is -2.37. The second-order valence-electron chi connectivity index (χ2n) is 18.2. The molecule has 12 aromatic rings. The van der Waals surface area contributed by atoms with E-state index in [0.717, 1.165) is 89.2 Å². The maximum atomic E-state index is 9.18. The average molecular weight is 890 g/mol. The van der Waals surface area contributed by atoms with Crippen molar-refractivity contribution in [2.45, 2.75) is 19.1 Å². The molecule has 10 aromatic carbocycles. The molecule has 5 nitrogen and oxygen atoms in total. The molecule has 0 saturated heterocycles. The van der Waals surface area contributed by atoms with E-state index in [2.05, 4.69) is 118 Å². The zero-order valence-corrected chi connectivity index (χ0v) is 36.9. The first-order valence-electron chi connectivity index (χ1n) is 26.2. The number of ether oxygens (including phenoxy) is 2. The third-order valence-corrected chi connectivity index (χ3v) is 14.7. The van der Waals surface area contributed by atoms with Crippen LogP contribution < -0.4 is 9.47 Å². The monoisotopic (exact) mass is 889 g/mol. The van der Waals surface area contributed by atoms with Crippen LogP contribution >= 0.6 is 0 Å². The average Bonchev–Trinajstić information content (AvgIpc) is 3.97. The number of rotatable bonds is 2. The van der Waals surface area contributed by atoms with Gasteiger partial charge in [-0.25, -0.2) is 4.98 Å². The lowest BCUT2D eigenvalue weighted by Gasteiger charge is -2.45. The summed E-state index contributed by atoms with van der Waals surface area (Å²) in [5.41, 5.74) is 15.9. The predicted octanol–water partition coefficient (Wildman–Crippen LogP) is 16.3. The van der Waals surface area contributed by atoms with Crippen LogP contribution in [0.1, 0.15) is 41.6 Å². The largest absolute Gasteiger partial charge is 0.457 e. The zero-order chi connectivity index (χ0) is 50.5. The Kier molecular flexibility index (Phi) is 6.66. The Labute approximate surface area is 407 Å². The number of aryl methyl sites for hydroxylation is 2. The third kappa shape index (κ3) is 5.16. The van der Waals surface area contributed by atoms with Gasteiger partial charge in [-0.05, 0) is 123 Å². The highest BCUT2D eigenvalue weighted by atomic mass is 16.5. The van der Waals surface area contributed by atoms with Gasteiger partial charge in [-0.2, -0.15) is 0 Å². The predicted molar refractivity (Wildman–Crippen MR) is 278 cm³/mol. The highest BCUT2D eigenvalue weighted by molar-refractivity contribution is 6.04. The Morgan fingerprint density at radius 1 is 0.435 bits per heavy atom. The molecule has 2 aliphatic heterocycles. The van der Waals surface area contributed by atoms with Crippen LogP contribution in [-0.4, -0.2) is 14.0 Å². The van der Waals surface area contributed by atoms with Gasteiger partial charge in [0.15, 0.2) is 0 Å². The molecule has 1 aliphatic carbocycles. The smallest absolute Gasteiger partial charge is 0.220 e. The van der Waals surface area contributed by atoms with E-state index in [-0.39, 0.29) is 11.1 Å². The van der Waals surface area contributed by atoms with E-state index in [4.69, 9.17) is 18.6 Å². The van der Waals surface area contributed by atoms with E-state index in [1.807, 2.05) is 84.9 Å². The minimum atomic E-state index is -2.60. The number of nitrogens with zero attached hydrogens (tertiary/aromatic N) is 3. The molecule has 324 valence electrons. The second kappa shape index (κ2) is 14.0. The van der Waals surface area contributed by atoms with Gasteiger partial charge in [0.1, 0.15) is 23.0 Å². The lowest BCUT2D eigenvalue weighted by atomic mass is 9.61. The first kappa shape index (κ1) is 32.7. The molecule has 1 atom stereocenters. The minimum Gasteiger partial charge on any atom is -0.457 e. The Balaban J connectivity index is 1.03. The maximum Gasteiger partial charge on any atom is 0.220 e. The van der Waals surface area contributed by atoms with Crippen molar-refractivity contribution in [1.29, 1.82) is 0 Å². The molecule has 4 heterocycles. The summed E-state index contributed by atoms with van der Waals surface area (Å²) in [6.45, 7) is -5.07. The van der Waals surface area contributed by atoms with Gasteiger partial charge in [-0.15, -0.1) is 0 Å². The highest BCUT2D eigenvalue weighted by Crippen LogP contribution is 2.63. The molecule has 0 saturated carbocycles. The number of imidazole rings is 2. The molecule has 15 rings (SSSR count). The quantitative estimate of drug-likeness (QED) is 0.174. The van der Waals surface area contributed by atoms with Crippen LogP contribution in [0.2, 0.25) is 0 Å². The van der Waals surface area contributed by atoms with Gasteiger partial charge in [-0.1, -0.05) is 158 Å². The van der Waals surface area contributed by atoms with Gasteiger partial charge < -0.3 is 9.47 Å². The van der Waals surface area contributed by atoms with E-state index in [9.17, 15) is 4.11 Å². The van der Waals surface area contributed by atoms with Crippen molar-refractivity contribution in [3.05, 3.63) is 246 Å². The molecule has 0 N–H and O–H groups in total. The summed E-state index contributed by atoms with van der Waals surface area (Å²) in [5, 5.41) is 0. The molecule has 0 fully saturated rings. The number of benzene rings is 10. The Morgan fingerprint density at radius 2 is 1.01 bits per heavy atom. The summed E-state index contributed by atoms with van der Waals surface area (Å²) in [6, 6.07) is 70.6. The number of fused-ring (bicyclic) bond motifs is 21. The van der Waals surface area contributed by atoms with Crippen molar-refractivity contribution in [2.75, 3.05) is 0 Å². The van der Waals surface area contributed by atoms with Gasteiger partial charge in [0.05, 0.1) is 33.2 Å². The van der Waals surface area contributed by atoms with Gasteiger partial charge >= 0.3 is 0 Å². The number of aromatic nitrogens is 3. The first-order chi connectivity index (χ1) is 36.5. The van der Waals surface area contributed by atoms with Crippen molar-refractivity contribution >= 4 is 27.8 Å². The van der Waals surface area contributed by atoms with Crippen molar-refractivity contribution < 1.29 is 17.7 Å². The summed E-state index contributed by atoms with van der Waals surface area (Å²) in [6.07, 6.45) is 0. The van der Waals surface area contributed by atoms with Crippen molar-refractivity contribution in [1.82, 2.24) is 14.0 Å². The highest BCUT2D eigenvalue weighted by Gasteiger charge is 2.51. The molecular formula is C64H41N3O2. The molecule has 5 heteroatoms. The van der Waals surface area contributed by atoms with Crippen molar-refractivity contribution in [2.24, 2.45) is 0 Å². The summed E-state index contributed by atoms with van der Waals surface area (Å²) in [7, 11) is 0. The lowest BCUT2D eigenvalue weighted by molar-refractivity contribution is 0.399. The molecule has 1 unspecified atom stereocenters. The van der Waals surface area contributed by atoms with Gasteiger partial charge in [0, 0.05) is 42.1 Å². The van der Waals surface area contributed by atoms with Crippen LogP contribution in [0.5, 0.6) is 23.0 Å². The molecule has 3 aliphatic rings. The summed E-state index contributed by atoms with van der Waals surface area (Å²) < 4.78 is 71.9. The van der Waals surface area contributed by atoms with Gasteiger partial charge in [0.2, 0.25) is 5.78 Å². The standard InChI is InChI=1S/C64H41N3O2/c1-38-27-32-51-59(35-38)69-62-53(33-28-39(2)61(62)40-29-31-48-46-19-6-5-17-44(46)42-15-3-4-16-43(42)45-18-7-8-20-47(45)49(48)36-40)64(51)50-21-9-14-26-58(50)68-60-37-41(30-34-52(60)64)66-56-24-12-13-25-57(56)67-55-23-11-10-22-54(55)65-63(66)67/h3-37H,1-2H3/i1D3,2D3. The molecule has 1 spiro atoms. The molecular weight excluding hydrogens is 843 g/mol. The molecule has 2 aromatic heterocycles. The number of para-hydroxylation sites is 5. The van der Waals surface area contributed by atoms with Crippen molar-refractivity contribution in [3.63, 3.8) is 0 Å². The first-order valence-corrected chi connectivity index (χ1v) is 23.2. The van der Waals surface area contributed by atoms with E-state index in [1.54, 1.807) is 18.2 Å². The van der Waals surface area contributed by atoms with Crippen molar-refractivity contribution in [3.8, 4) is 84.3 Å². The molecule has 0 amide bonds. The number of hydrogen-bond donors (Lipinski definition) is 0. The summed E-state index contributed by atoms with van der Waals surface area (Å²) >= 11 is 0. The molecule has 0 radical (unpaired) electrons. The van der Waals surface area contributed by atoms with Crippen LogP contribution in [-0.2, 0) is 5.41 Å². The van der Waals surface area contributed by atoms with Gasteiger partial charge in [0.25, 0.3) is 0 Å². The van der Waals surface area contributed by atoms with E-state index in [0.29, 0.717) is 45.3 Å². The SMILES string of the molecule is [2H]C([2H])([2H])c1ccc2c(c1)Oc1c(ccc(C([2H])([2H])[2H])c1-c1ccc3c(c1)-c1ccccc1-c1ccccc1-c1ccccc1-3)C21c2ccccc2Oc2cc(-n3c4ccccc4n4c5ccccc5nc34)ccc21. The maximum absolute atomic E-state index is 9.18. The van der Waals surface area contributed by atoms with E-state index in [1.165, 1.54) is 0 Å². The second-order valence-corrected chi connectivity index (χ2v) is 18.2. The Bertz CT molecular complexity index is 4430. The van der Waals surface area contributed by atoms with Crippen LogP contribution in [0, 0.1) is 13.7 Å². The topological polar surface area (TPSA) is 40.7 Å². The van der Waals surface area contributed by atoms with E-state index >= 15 is 0 Å². The van der Waals surface area contributed by atoms with E-state index < -0.39 is 19.1 Å². The van der Waals surface area contributed by atoms with Crippen LogP contribution in [0.25, 0.3) is 89.2 Å². The fourth-order valence-electron chi connectivity index (χ4n) is 11.8. The third-order valence-electron chi connectivity index (χ3n) is 14.7. The number of hydrogen-bond acceptors (Lipinski definition) is 3. The fraction of sp³-hybridized carbons (Fsp3) is 0.0469. The fourth-order valence-corrected chi connectivity index (χ4v) is 11.8. The minimum absolute atomic E-state index is 0.0940. The summed E-state index contributed by atoms with van der Waals surface area (Å²) in [5.74, 6) is 2.52.